The van der Waals surface area contributed by atoms with Crippen LogP contribution < -0.4 is 5.32 Å². The highest BCUT2D eigenvalue weighted by Gasteiger charge is 2.17. The first-order valence-electron chi connectivity index (χ1n) is 7.09. The highest BCUT2D eigenvalue weighted by atomic mass is 19.1. The number of halogens is 2. The highest BCUT2D eigenvalue weighted by molar-refractivity contribution is 5.22. The van der Waals surface area contributed by atoms with E-state index < -0.39 is 11.6 Å². The van der Waals surface area contributed by atoms with Crippen LogP contribution in [0.25, 0.3) is 0 Å². The largest absolute Gasteiger partial charge is 0.310 e. The van der Waals surface area contributed by atoms with Crippen molar-refractivity contribution in [2.45, 2.75) is 39.3 Å². The molecule has 1 N–H and O–H groups in total. The molecule has 2 aromatic rings. The Hall–Kier alpha value is -1.82. The van der Waals surface area contributed by atoms with Gasteiger partial charge in [-0.3, -0.25) is 0 Å². The van der Waals surface area contributed by atoms with Crippen molar-refractivity contribution in [3.63, 3.8) is 0 Å². The zero-order chi connectivity index (χ0) is 15.4. The first kappa shape index (κ1) is 15.6. The van der Waals surface area contributed by atoms with E-state index in [1.165, 1.54) is 18.5 Å². The van der Waals surface area contributed by atoms with Crippen LogP contribution in [0.1, 0.15) is 44.2 Å². The predicted molar refractivity (Wildman–Crippen MR) is 76.9 cm³/mol. The summed E-state index contributed by atoms with van der Waals surface area (Å²) in [4.78, 5) is 4.25. The number of rotatable bonds is 6. The minimum absolute atomic E-state index is 0.189. The van der Waals surface area contributed by atoms with Gasteiger partial charge >= 0.3 is 0 Å². The fraction of sp³-hybridized carbons (Fsp3) is 0.467. The van der Waals surface area contributed by atoms with Crippen LogP contribution in [0.5, 0.6) is 0 Å². The van der Waals surface area contributed by atoms with E-state index in [0.29, 0.717) is 18.5 Å². The molecule has 0 radical (unpaired) electrons. The van der Waals surface area contributed by atoms with Crippen LogP contribution in [0.15, 0.2) is 24.5 Å². The zero-order valence-corrected chi connectivity index (χ0v) is 12.5. The first-order valence-corrected chi connectivity index (χ1v) is 7.09. The molecule has 2 rings (SSSR count). The Kier molecular flexibility index (Phi) is 5.01. The maximum atomic E-state index is 13.4. The second-order valence-electron chi connectivity index (χ2n) is 5.23. The summed E-state index contributed by atoms with van der Waals surface area (Å²) in [6.07, 6.45) is 2.03. The normalized spacial score (nSPS) is 12.9. The van der Waals surface area contributed by atoms with Crippen LogP contribution >= 0.6 is 0 Å². The van der Waals surface area contributed by atoms with E-state index in [-0.39, 0.29) is 12.1 Å². The number of benzene rings is 1. The van der Waals surface area contributed by atoms with Gasteiger partial charge in [0.05, 0.1) is 0 Å². The number of likely N-dealkylation sites (N-methyl/N-ethyl adjacent to an activating group) is 1. The summed E-state index contributed by atoms with van der Waals surface area (Å²) in [7, 11) is 0. The van der Waals surface area contributed by atoms with Gasteiger partial charge in [-0.2, -0.15) is 5.10 Å². The molecule has 6 heteroatoms. The smallest absolute Gasteiger partial charge is 0.138 e. The van der Waals surface area contributed by atoms with Gasteiger partial charge in [0.15, 0.2) is 0 Å². The number of hydrogen-bond acceptors (Lipinski definition) is 3. The number of nitrogens with zero attached hydrogens (tertiary/aromatic N) is 3. The Labute approximate surface area is 123 Å². The van der Waals surface area contributed by atoms with Gasteiger partial charge in [0.1, 0.15) is 23.8 Å². The third-order valence-corrected chi connectivity index (χ3v) is 3.26. The molecular weight excluding hydrogens is 274 g/mol. The van der Waals surface area contributed by atoms with Crippen molar-refractivity contribution in [1.82, 2.24) is 20.1 Å². The molecule has 0 aliphatic carbocycles. The molecular formula is C15H20F2N4. The van der Waals surface area contributed by atoms with E-state index in [4.69, 9.17) is 0 Å². The van der Waals surface area contributed by atoms with Gasteiger partial charge in [-0.25, -0.2) is 18.4 Å². The molecule has 0 saturated carbocycles. The van der Waals surface area contributed by atoms with Gasteiger partial charge in [0.25, 0.3) is 0 Å². The SMILES string of the molecule is CCNC(Cc1ncnn1C(C)C)c1cc(F)cc(F)c1. The molecule has 1 aromatic carbocycles. The molecule has 0 spiro atoms. The minimum Gasteiger partial charge on any atom is -0.310 e. The van der Waals surface area contributed by atoms with Crippen molar-refractivity contribution in [2.24, 2.45) is 0 Å². The fourth-order valence-electron chi connectivity index (χ4n) is 2.36. The zero-order valence-electron chi connectivity index (χ0n) is 12.5. The van der Waals surface area contributed by atoms with Gasteiger partial charge in [0, 0.05) is 24.6 Å². The van der Waals surface area contributed by atoms with Crippen LogP contribution in [-0.4, -0.2) is 21.3 Å². The van der Waals surface area contributed by atoms with E-state index >= 15 is 0 Å². The lowest BCUT2D eigenvalue weighted by Crippen LogP contribution is -2.25. The van der Waals surface area contributed by atoms with Gasteiger partial charge in [0.2, 0.25) is 0 Å². The quantitative estimate of drug-likeness (QED) is 0.890. The second-order valence-corrected chi connectivity index (χ2v) is 5.23. The van der Waals surface area contributed by atoms with E-state index in [9.17, 15) is 8.78 Å². The molecule has 1 atom stereocenters. The summed E-state index contributed by atoms with van der Waals surface area (Å²) in [6, 6.07) is 3.57. The van der Waals surface area contributed by atoms with Crippen molar-refractivity contribution in [3.05, 3.63) is 47.5 Å². The molecule has 0 aliphatic heterocycles. The minimum atomic E-state index is -0.571. The summed E-state index contributed by atoms with van der Waals surface area (Å²) >= 11 is 0. The van der Waals surface area contributed by atoms with E-state index in [0.717, 1.165) is 11.9 Å². The van der Waals surface area contributed by atoms with Gasteiger partial charge in [-0.1, -0.05) is 6.92 Å². The Bertz CT molecular complexity index is 575. The van der Waals surface area contributed by atoms with Crippen molar-refractivity contribution in [2.75, 3.05) is 6.54 Å². The predicted octanol–water partition coefficient (Wildman–Crippen LogP) is 3.03. The molecule has 1 aromatic heterocycles. The molecule has 1 unspecified atom stereocenters. The average molecular weight is 294 g/mol. The third kappa shape index (κ3) is 3.85. The van der Waals surface area contributed by atoms with Crippen molar-refractivity contribution in [1.29, 1.82) is 0 Å². The van der Waals surface area contributed by atoms with E-state index in [1.807, 2.05) is 25.5 Å². The van der Waals surface area contributed by atoms with Gasteiger partial charge in [-0.05, 0) is 38.1 Å². The summed E-state index contributed by atoms with van der Waals surface area (Å²) in [5, 5.41) is 7.43. The Morgan fingerprint density at radius 3 is 2.43 bits per heavy atom. The summed E-state index contributed by atoms with van der Waals surface area (Å²) < 4.78 is 28.6. The fourth-order valence-corrected chi connectivity index (χ4v) is 2.36. The van der Waals surface area contributed by atoms with Crippen LogP contribution in [0.4, 0.5) is 8.78 Å². The Morgan fingerprint density at radius 1 is 1.19 bits per heavy atom. The topological polar surface area (TPSA) is 42.7 Å². The van der Waals surface area contributed by atoms with E-state index in [1.54, 1.807) is 0 Å². The standard InChI is InChI=1S/C15H20F2N4/c1-4-18-14(11-5-12(16)7-13(17)6-11)8-15-19-9-20-21(15)10(2)3/h5-7,9-10,14,18H,4,8H2,1-3H3. The molecule has 0 aliphatic rings. The average Bonchev–Trinajstić information content (AvgIpc) is 2.85. The molecule has 21 heavy (non-hydrogen) atoms. The number of hydrogen-bond donors (Lipinski definition) is 1. The Morgan fingerprint density at radius 2 is 1.86 bits per heavy atom. The molecule has 0 amide bonds. The molecule has 0 bridgehead atoms. The number of aromatic nitrogens is 3. The lowest BCUT2D eigenvalue weighted by atomic mass is 10.0. The van der Waals surface area contributed by atoms with E-state index in [2.05, 4.69) is 15.4 Å². The second kappa shape index (κ2) is 6.76. The molecule has 1 heterocycles. The summed E-state index contributed by atoms with van der Waals surface area (Å²) in [6.45, 7) is 6.68. The summed E-state index contributed by atoms with van der Waals surface area (Å²) in [5.41, 5.74) is 0.577. The summed E-state index contributed by atoms with van der Waals surface area (Å²) in [5.74, 6) is -0.350. The highest BCUT2D eigenvalue weighted by Crippen LogP contribution is 2.21. The van der Waals surface area contributed by atoms with Crippen LogP contribution in [0.2, 0.25) is 0 Å². The monoisotopic (exact) mass is 294 g/mol. The number of nitrogens with one attached hydrogen (secondary N) is 1. The third-order valence-electron chi connectivity index (χ3n) is 3.26. The van der Waals surface area contributed by atoms with Crippen LogP contribution in [-0.2, 0) is 6.42 Å². The maximum absolute atomic E-state index is 13.4. The molecule has 114 valence electrons. The lowest BCUT2D eigenvalue weighted by molar-refractivity contribution is 0.465. The van der Waals surface area contributed by atoms with Crippen LogP contribution in [0.3, 0.4) is 0 Å². The molecule has 4 nitrogen and oxygen atoms in total. The van der Waals surface area contributed by atoms with Gasteiger partial charge < -0.3 is 5.32 Å². The van der Waals surface area contributed by atoms with Gasteiger partial charge in [-0.15, -0.1) is 0 Å². The lowest BCUT2D eigenvalue weighted by Gasteiger charge is -2.19. The molecule has 0 saturated heterocycles. The first-order chi connectivity index (χ1) is 10.0. The maximum Gasteiger partial charge on any atom is 0.138 e. The molecule has 0 fully saturated rings. The Balaban J connectivity index is 2.28. The van der Waals surface area contributed by atoms with Crippen molar-refractivity contribution >= 4 is 0 Å². The van der Waals surface area contributed by atoms with Crippen LogP contribution in [0, 0.1) is 11.6 Å². The van der Waals surface area contributed by atoms with Crippen molar-refractivity contribution < 1.29 is 8.78 Å². The van der Waals surface area contributed by atoms with Crippen molar-refractivity contribution in [3.8, 4) is 0 Å².